The zero-order valence-electron chi connectivity index (χ0n) is 13.2. The zero-order chi connectivity index (χ0) is 17.8. The molecule has 0 bridgehead atoms. The summed E-state index contributed by atoms with van der Waals surface area (Å²) < 4.78 is 18.4. The van der Waals surface area contributed by atoms with Crippen molar-refractivity contribution >= 4 is 29.1 Å². The fraction of sp³-hybridized carbons (Fsp3) is 0.222. The molecule has 1 aliphatic carbocycles. The van der Waals surface area contributed by atoms with Gasteiger partial charge >= 0.3 is 0 Å². The minimum atomic E-state index is -0.561. The molecule has 0 aliphatic heterocycles. The number of anilines is 1. The summed E-state index contributed by atoms with van der Waals surface area (Å²) in [6.07, 6.45) is 1.96. The molecule has 7 heteroatoms. The highest BCUT2D eigenvalue weighted by molar-refractivity contribution is 6.30. The van der Waals surface area contributed by atoms with Gasteiger partial charge in [-0.2, -0.15) is 0 Å². The summed E-state index contributed by atoms with van der Waals surface area (Å²) in [5.74, 6) is -0.938. The van der Waals surface area contributed by atoms with Crippen LogP contribution in [0, 0.1) is 5.82 Å². The Morgan fingerprint density at radius 3 is 2.68 bits per heavy atom. The van der Waals surface area contributed by atoms with Crippen LogP contribution < -0.4 is 15.4 Å². The van der Waals surface area contributed by atoms with Crippen molar-refractivity contribution in [2.45, 2.75) is 18.9 Å². The van der Waals surface area contributed by atoms with Crippen LogP contribution in [-0.4, -0.2) is 24.5 Å². The maximum absolute atomic E-state index is 13.1. The van der Waals surface area contributed by atoms with E-state index in [1.54, 1.807) is 24.3 Å². The van der Waals surface area contributed by atoms with Gasteiger partial charge in [0.2, 0.25) is 0 Å². The second-order valence-corrected chi connectivity index (χ2v) is 6.11. The Morgan fingerprint density at radius 2 is 1.96 bits per heavy atom. The van der Waals surface area contributed by atoms with Crippen molar-refractivity contribution in [3.8, 4) is 5.75 Å². The largest absolute Gasteiger partial charge is 0.484 e. The van der Waals surface area contributed by atoms with Crippen LogP contribution in [0.5, 0.6) is 5.75 Å². The van der Waals surface area contributed by atoms with E-state index in [-0.39, 0.29) is 29.3 Å². The summed E-state index contributed by atoms with van der Waals surface area (Å²) in [7, 11) is 0. The normalized spacial score (nSPS) is 13.2. The number of carbonyl (C=O) groups is 2. The average Bonchev–Trinajstić information content (AvgIpc) is 3.40. The van der Waals surface area contributed by atoms with Gasteiger partial charge in [-0.3, -0.25) is 9.59 Å². The maximum Gasteiger partial charge on any atom is 0.262 e. The molecule has 2 amide bonds. The van der Waals surface area contributed by atoms with E-state index in [2.05, 4.69) is 10.6 Å². The Kier molecular flexibility index (Phi) is 5.19. The van der Waals surface area contributed by atoms with Crippen molar-refractivity contribution in [1.29, 1.82) is 0 Å². The van der Waals surface area contributed by atoms with Gasteiger partial charge in [0.05, 0.1) is 16.3 Å². The Bertz CT molecular complexity index is 809. The number of hydrogen-bond acceptors (Lipinski definition) is 3. The Labute approximate surface area is 149 Å². The second-order valence-electron chi connectivity index (χ2n) is 5.71. The van der Waals surface area contributed by atoms with Gasteiger partial charge < -0.3 is 15.4 Å². The summed E-state index contributed by atoms with van der Waals surface area (Å²) in [6.45, 7) is -0.291. The number of amides is 2. The van der Waals surface area contributed by atoms with Crippen LogP contribution in [0.15, 0.2) is 42.5 Å². The monoisotopic (exact) mass is 362 g/mol. The lowest BCUT2D eigenvalue weighted by Crippen LogP contribution is -2.28. The Balaban J connectivity index is 1.60. The lowest BCUT2D eigenvalue weighted by Gasteiger charge is -2.12. The highest BCUT2D eigenvalue weighted by atomic mass is 35.5. The topological polar surface area (TPSA) is 67.4 Å². The van der Waals surface area contributed by atoms with Crippen LogP contribution in [0.25, 0.3) is 0 Å². The van der Waals surface area contributed by atoms with Crippen LogP contribution in [0.4, 0.5) is 10.1 Å². The second kappa shape index (κ2) is 7.53. The van der Waals surface area contributed by atoms with Crippen molar-refractivity contribution < 1.29 is 18.7 Å². The van der Waals surface area contributed by atoms with E-state index >= 15 is 0 Å². The average molecular weight is 363 g/mol. The molecule has 0 spiro atoms. The van der Waals surface area contributed by atoms with Crippen molar-refractivity contribution in [3.63, 3.8) is 0 Å². The molecule has 2 aromatic rings. The van der Waals surface area contributed by atoms with E-state index in [1.807, 2.05) is 0 Å². The third kappa shape index (κ3) is 4.70. The molecular weight excluding hydrogens is 347 g/mol. The molecule has 0 aromatic heterocycles. The molecule has 0 atom stereocenters. The van der Waals surface area contributed by atoms with Crippen molar-refractivity contribution in [2.75, 3.05) is 11.9 Å². The summed E-state index contributed by atoms with van der Waals surface area (Å²) >= 11 is 5.66. The predicted molar refractivity (Wildman–Crippen MR) is 92.5 cm³/mol. The fourth-order valence-corrected chi connectivity index (χ4v) is 2.35. The third-order valence-electron chi connectivity index (χ3n) is 3.62. The smallest absolute Gasteiger partial charge is 0.262 e. The number of nitrogens with one attached hydrogen (secondary N) is 2. The molecule has 2 N–H and O–H groups in total. The minimum absolute atomic E-state index is 0.0833. The fourth-order valence-electron chi connectivity index (χ4n) is 2.18. The number of halogens is 2. The molecule has 0 heterocycles. The lowest BCUT2D eigenvalue weighted by molar-refractivity contribution is -0.118. The van der Waals surface area contributed by atoms with Crippen LogP contribution in [-0.2, 0) is 4.79 Å². The van der Waals surface area contributed by atoms with Crippen molar-refractivity contribution in [2.24, 2.45) is 0 Å². The molecule has 0 unspecified atom stereocenters. The van der Waals surface area contributed by atoms with Crippen LogP contribution in [0.3, 0.4) is 0 Å². The first-order valence-electron chi connectivity index (χ1n) is 7.80. The molecule has 1 aliphatic rings. The SMILES string of the molecule is O=C(COc1ccc(F)c(Cl)c1)Nc1ccccc1C(=O)NC1CC1. The highest BCUT2D eigenvalue weighted by Crippen LogP contribution is 2.22. The van der Waals surface area contributed by atoms with Gasteiger partial charge in [-0.1, -0.05) is 23.7 Å². The summed E-state index contributed by atoms with van der Waals surface area (Å²) in [4.78, 5) is 24.3. The summed E-state index contributed by atoms with van der Waals surface area (Å²) in [5, 5.41) is 5.45. The van der Waals surface area contributed by atoms with E-state index in [4.69, 9.17) is 16.3 Å². The molecular formula is C18H16ClFN2O3. The number of hydrogen-bond donors (Lipinski definition) is 2. The minimum Gasteiger partial charge on any atom is -0.484 e. The molecule has 2 aromatic carbocycles. The Morgan fingerprint density at radius 1 is 1.20 bits per heavy atom. The van der Waals surface area contributed by atoms with E-state index in [0.29, 0.717) is 11.3 Å². The number of ether oxygens (including phenoxy) is 1. The maximum atomic E-state index is 13.1. The zero-order valence-corrected chi connectivity index (χ0v) is 14.0. The molecule has 1 fully saturated rings. The van der Waals surface area contributed by atoms with Crippen molar-refractivity contribution in [1.82, 2.24) is 5.32 Å². The molecule has 5 nitrogen and oxygen atoms in total. The first kappa shape index (κ1) is 17.2. The molecule has 0 radical (unpaired) electrons. The summed E-state index contributed by atoms with van der Waals surface area (Å²) in [6, 6.07) is 10.8. The van der Waals surface area contributed by atoms with Gasteiger partial charge in [-0.25, -0.2) is 4.39 Å². The first-order chi connectivity index (χ1) is 12.0. The van der Waals surface area contributed by atoms with Crippen LogP contribution in [0.1, 0.15) is 23.2 Å². The molecule has 3 rings (SSSR count). The Hall–Kier alpha value is -2.60. The van der Waals surface area contributed by atoms with Gasteiger partial charge in [-0.15, -0.1) is 0 Å². The lowest BCUT2D eigenvalue weighted by atomic mass is 10.1. The standard InChI is InChI=1S/C18H16ClFN2O3/c19-14-9-12(7-8-15(14)20)25-10-17(23)22-16-4-2-1-3-13(16)18(24)21-11-5-6-11/h1-4,7-9,11H,5-6,10H2,(H,21,24)(H,22,23). The van der Waals surface area contributed by atoms with Gasteiger partial charge in [-0.05, 0) is 37.1 Å². The number of benzene rings is 2. The predicted octanol–water partition coefficient (Wildman–Crippen LogP) is 3.39. The molecule has 130 valence electrons. The van der Waals surface area contributed by atoms with Gasteiger partial charge in [0, 0.05) is 12.1 Å². The van der Waals surface area contributed by atoms with Gasteiger partial charge in [0.1, 0.15) is 11.6 Å². The van der Waals surface area contributed by atoms with Gasteiger partial charge in [0.15, 0.2) is 6.61 Å². The van der Waals surface area contributed by atoms with E-state index in [0.717, 1.165) is 18.9 Å². The number of carbonyl (C=O) groups excluding carboxylic acids is 2. The van der Waals surface area contributed by atoms with E-state index < -0.39 is 11.7 Å². The number of rotatable bonds is 6. The molecule has 1 saturated carbocycles. The van der Waals surface area contributed by atoms with Crippen molar-refractivity contribution in [3.05, 3.63) is 58.9 Å². The number of para-hydroxylation sites is 1. The van der Waals surface area contributed by atoms with Gasteiger partial charge in [0.25, 0.3) is 11.8 Å². The molecule has 0 saturated heterocycles. The van der Waals surface area contributed by atoms with Crippen LogP contribution in [0.2, 0.25) is 5.02 Å². The van der Waals surface area contributed by atoms with E-state index in [1.165, 1.54) is 12.1 Å². The first-order valence-corrected chi connectivity index (χ1v) is 8.18. The highest BCUT2D eigenvalue weighted by Gasteiger charge is 2.25. The van der Waals surface area contributed by atoms with Crippen LogP contribution >= 0.6 is 11.6 Å². The molecule has 25 heavy (non-hydrogen) atoms. The quantitative estimate of drug-likeness (QED) is 0.827. The third-order valence-corrected chi connectivity index (χ3v) is 3.91. The van der Waals surface area contributed by atoms with E-state index in [9.17, 15) is 14.0 Å². The summed E-state index contributed by atoms with van der Waals surface area (Å²) in [5.41, 5.74) is 0.805.